The van der Waals surface area contributed by atoms with Gasteiger partial charge in [-0.15, -0.1) is 16.4 Å². The first-order chi connectivity index (χ1) is 15.5. The van der Waals surface area contributed by atoms with Gasteiger partial charge in [-0.1, -0.05) is 36.4 Å². The van der Waals surface area contributed by atoms with Crippen LogP contribution in [-0.2, 0) is 22.7 Å². The second-order valence-electron chi connectivity index (χ2n) is 7.21. The Hall–Kier alpha value is -3.15. The first kappa shape index (κ1) is 23.5. The van der Waals surface area contributed by atoms with Crippen molar-refractivity contribution in [1.82, 2.24) is 30.8 Å². The lowest BCUT2D eigenvalue weighted by atomic mass is 10.2. The van der Waals surface area contributed by atoms with Gasteiger partial charge < -0.3 is 25.6 Å². The zero-order valence-corrected chi connectivity index (χ0v) is 18.2. The van der Waals surface area contributed by atoms with Gasteiger partial charge in [0.25, 0.3) is 0 Å². The maximum absolute atomic E-state index is 12.2. The molecule has 11 heteroatoms. The van der Waals surface area contributed by atoms with Gasteiger partial charge in [-0.3, -0.25) is 4.79 Å². The Balaban J connectivity index is 1.55. The third kappa shape index (κ3) is 7.22. The number of aliphatic hydroxyl groups excluding tert-OH is 1. The van der Waals surface area contributed by atoms with E-state index in [2.05, 4.69) is 26.2 Å². The number of carbonyl (C=O) groups is 2. The highest BCUT2D eigenvalue weighted by atomic mass is 32.1. The van der Waals surface area contributed by atoms with Crippen molar-refractivity contribution in [2.45, 2.75) is 44.5 Å². The Bertz CT molecular complexity index is 979. The number of aliphatic carboxylic acids is 1. The highest BCUT2D eigenvalue weighted by Gasteiger charge is 2.23. The summed E-state index contributed by atoms with van der Waals surface area (Å²) in [4.78, 5) is 23.8. The molecular weight excluding hydrogens is 432 g/mol. The highest BCUT2D eigenvalue weighted by molar-refractivity contribution is 7.10. The molecule has 0 bridgehead atoms. The van der Waals surface area contributed by atoms with Gasteiger partial charge in [0.2, 0.25) is 5.91 Å². The van der Waals surface area contributed by atoms with Crippen LogP contribution in [-0.4, -0.2) is 49.8 Å². The zero-order chi connectivity index (χ0) is 22.8. The number of aryl methyl sites for hydroxylation is 1. The molecule has 2 atom stereocenters. The molecule has 1 amide bonds. The van der Waals surface area contributed by atoms with E-state index in [1.54, 1.807) is 4.68 Å². The number of hydrogen-bond donors (Lipinski definition) is 3. The number of aliphatic hydroxyl groups is 1. The quantitative estimate of drug-likeness (QED) is 0.325. The SMILES string of the molecule is O=C([O-])CC(O)CN[C@@H](c1cccs1)c1nnnn1CCCC(=O)NCc1ccccc1. The molecule has 0 spiro atoms. The van der Waals surface area contributed by atoms with Gasteiger partial charge in [0.15, 0.2) is 5.82 Å². The molecule has 0 aliphatic rings. The third-order valence-corrected chi connectivity index (χ3v) is 5.65. The van der Waals surface area contributed by atoms with Crippen LogP contribution in [0.25, 0.3) is 0 Å². The Kier molecular flexibility index (Phi) is 8.84. The molecule has 3 aromatic rings. The summed E-state index contributed by atoms with van der Waals surface area (Å²) in [6, 6.07) is 13.1. The van der Waals surface area contributed by atoms with Crippen LogP contribution in [0.5, 0.6) is 0 Å². The highest BCUT2D eigenvalue weighted by Crippen LogP contribution is 2.24. The number of aromatic nitrogens is 4. The molecule has 2 heterocycles. The summed E-state index contributed by atoms with van der Waals surface area (Å²) in [5, 5.41) is 40.4. The third-order valence-electron chi connectivity index (χ3n) is 4.71. The monoisotopic (exact) mass is 457 g/mol. The van der Waals surface area contributed by atoms with Gasteiger partial charge >= 0.3 is 0 Å². The van der Waals surface area contributed by atoms with Gasteiger partial charge in [-0.2, -0.15) is 0 Å². The Labute approximate surface area is 189 Å². The van der Waals surface area contributed by atoms with Crippen molar-refractivity contribution >= 4 is 23.2 Å². The number of rotatable bonds is 13. The predicted octanol–water partition coefficient (Wildman–Crippen LogP) is 0.0111. The maximum Gasteiger partial charge on any atom is 0.220 e. The van der Waals surface area contributed by atoms with E-state index in [1.807, 2.05) is 47.8 Å². The topological polar surface area (TPSA) is 145 Å². The molecule has 10 nitrogen and oxygen atoms in total. The number of carboxylic acid groups (broad SMARTS) is 1. The first-order valence-electron chi connectivity index (χ1n) is 10.2. The summed E-state index contributed by atoms with van der Waals surface area (Å²) in [7, 11) is 0. The van der Waals surface area contributed by atoms with Crippen LogP contribution >= 0.6 is 11.3 Å². The molecule has 1 unspecified atom stereocenters. The van der Waals surface area contributed by atoms with Crippen molar-refractivity contribution in [2.24, 2.45) is 0 Å². The van der Waals surface area contributed by atoms with Crippen molar-refractivity contribution in [3.8, 4) is 0 Å². The van der Waals surface area contributed by atoms with Gasteiger partial charge in [0.1, 0.15) is 6.04 Å². The molecule has 0 fully saturated rings. The molecule has 170 valence electrons. The Morgan fingerprint density at radius 2 is 2.00 bits per heavy atom. The van der Waals surface area contributed by atoms with Gasteiger partial charge in [-0.25, -0.2) is 4.68 Å². The lowest BCUT2D eigenvalue weighted by Gasteiger charge is -2.19. The van der Waals surface area contributed by atoms with Crippen LogP contribution < -0.4 is 15.7 Å². The summed E-state index contributed by atoms with van der Waals surface area (Å²) in [5.41, 5.74) is 1.04. The van der Waals surface area contributed by atoms with Crippen LogP contribution in [0.3, 0.4) is 0 Å². The fraction of sp³-hybridized carbons (Fsp3) is 0.381. The summed E-state index contributed by atoms with van der Waals surface area (Å²) >= 11 is 1.49. The van der Waals surface area contributed by atoms with Gasteiger partial charge in [-0.05, 0) is 33.9 Å². The number of benzene rings is 1. The number of nitrogens with one attached hydrogen (secondary N) is 2. The average Bonchev–Trinajstić information content (AvgIpc) is 3.46. The lowest BCUT2D eigenvalue weighted by molar-refractivity contribution is -0.307. The molecule has 0 saturated carbocycles. The van der Waals surface area contributed by atoms with E-state index >= 15 is 0 Å². The summed E-state index contributed by atoms with van der Waals surface area (Å²) in [6.45, 7) is 0.950. The molecular formula is C21H25N6O4S-. The van der Waals surface area contributed by atoms with Crippen molar-refractivity contribution < 1.29 is 19.8 Å². The maximum atomic E-state index is 12.2. The van der Waals surface area contributed by atoms with Crippen LogP contribution in [0.15, 0.2) is 47.8 Å². The molecule has 0 aliphatic carbocycles. The van der Waals surface area contributed by atoms with E-state index in [0.29, 0.717) is 31.8 Å². The van der Waals surface area contributed by atoms with Crippen LogP contribution in [0, 0.1) is 0 Å². The first-order valence-corrected chi connectivity index (χ1v) is 11.1. The van der Waals surface area contributed by atoms with Crippen LogP contribution in [0.2, 0.25) is 0 Å². The summed E-state index contributed by atoms with van der Waals surface area (Å²) in [5.74, 6) is -0.845. The average molecular weight is 458 g/mol. The number of thiophene rings is 1. The number of carbonyl (C=O) groups excluding carboxylic acids is 2. The van der Waals surface area contributed by atoms with E-state index in [1.165, 1.54) is 11.3 Å². The van der Waals surface area contributed by atoms with Crippen molar-refractivity contribution in [2.75, 3.05) is 6.54 Å². The minimum atomic E-state index is -1.32. The molecule has 3 rings (SSSR count). The number of tetrazole rings is 1. The van der Waals surface area contributed by atoms with Crippen molar-refractivity contribution in [3.63, 3.8) is 0 Å². The van der Waals surface area contributed by atoms with Crippen molar-refractivity contribution in [1.29, 1.82) is 0 Å². The normalized spacial score (nSPS) is 12.9. The standard InChI is InChI=1S/C21H26N6O4S/c28-16(12-19(30)31)14-23-20(17-8-5-11-32-17)21-24-25-26-27(21)10-4-9-18(29)22-13-15-6-2-1-3-7-15/h1-3,5-8,11,16,20,23,28H,4,9-10,12-14H2,(H,22,29)(H,30,31)/p-1/t16?,20-/m0/s1. The molecule has 3 N–H and O–H groups in total. The number of hydrogen-bond acceptors (Lipinski definition) is 9. The predicted molar refractivity (Wildman–Crippen MR) is 115 cm³/mol. The summed E-state index contributed by atoms with van der Waals surface area (Å²) in [6.07, 6.45) is -0.690. The van der Waals surface area contributed by atoms with Gasteiger partial charge in [0, 0.05) is 43.3 Å². The second kappa shape index (κ2) is 12.0. The van der Waals surface area contributed by atoms with E-state index < -0.39 is 24.5 Å². The molecule has 0 saturated heterocycles. The minimum absolute atomic E-state index is 0.0330. The molecule has 1 aromatic carbocycles. The Morgan fingerprint density at radius 1 is 1.19 bits per heavy atom. The minimum Gasteiger partial charge on any atom is -0.550 e. The fourth-order valence-corrected chi connectivity index (χ4v) is 3.94. The second-order valence-corrected chi connectivity index (χ2v) is 8.19. The van der Waals surface area contributed by atoms with E-state index in [9.17, 15) is 19.8 Å². The number of nitrogens with zero attached hydrogens (tertiary/aromatic N) is 4. The van der Waals surface area contributed by atoms with Gasteiger partial charge in [0.05, 0.1) is 6.10 Å². The van der Waals surface area contributed by atoms with Crippen LogP contribution in [0.4, 0.5) is 0 Å². The largest absolute Gasteiger partial charge is 0.550 e. The molecule has 2 aromatic heterocycles. The summed E-state index contributed by atoms with van der Waals surface area (Å²) < 4.78 is 1.62. The molecule has 0 radical (unpaired) electrons. The van der Waals surface area contributed by atoms with Crippen molar-refractivity contribution in [3.05, 3.63) is 64.1 Å². The number of carboxylic acids is 1. The van der Waals surface area contributed by atoms with Crippen LogP contribution in [0.1, 0.15) is 41.6 Å². The zero-order valence-electron chi connectivity index (χ0n) is 17.4. The molecule has 32 heavy (non-hydrogen) atoms. The van der Waals surface area contributed by atoms with E-state index in [4.69, 9.17) is 0 Å². The van der Waals surface area contributed by atoms with E-state index in [-0.39, 0.29) is 12.5 Å². The Morgan fingerprint density at radius 3 is 2.72 bits per heavy atom. The fourth-order valence-electron chi connectivity index (χ4n) is 3.14. The smallest absolute Gasteiger partial charge is 0.220 e. The molecule has 0 aliphatic heterocycles. The van der Waals surface area contributed by atoms with E-state index in [0.717, 1.165) is 10.4 Å². The number of amides is 1. The lowest BCUT2D eigenvalue weighted by Crippen LogP contribution is -2.36.